The molecule has 2 aromatic heterocycles. The average Bonchev–Trinajstić information content (AvgIpc) is 3.13. The van der Waals surface area contributed by atoms with Crippen molar-refractivity contribution in [1.29, 1.82) is 0 Å². The maximum absolute atomic E-state index is 10.7. The van der Waals surface area contributed by atoms with Gasteiger partial charge >= 0.3 is 0 Å². The van der Waals surface area contributed by atoms with Crippen LogP contribution in [0.25, 0.3) is 11.0 Å². The van der Waals surface area contributed by atoms with Gasteiger partial charge in [0.15, 0.2) is 0 Å². The minimum Gasteiger partial charge on any atom is -0.396 e. The van der Waals surface area contributed by atoms with E-state index >= 15 is 0 Å². The smallest absolute Gasteiger partial charge is 0.142 e. The first-order valence-electron chi connectivity index (χ1n) is 8.58. The van der Waals surface area contributed by atoms with Crippen molar-refractivity contribution < 1.29 is 10.2 Å². The Balaban J connectivity index is 1.67. The van der Waals surface area contributed by atoms with Crippen LogP contribution in [0.1, 0.15) is 12.0 Å². The number of H-pyrrole nitrogens is 1. The zero-order valence-corrected chi connectivity index (χ0v) is 14.0. The third-order valence-corrected chi connectivity index (χ3v) is 5.23. The van der Waals surface area contributed by atoms with Crippen LogP contribution in [0, 0.1) is 5.41 Å². The van der Waals surface area contributed by atoms with Crippen LogP contribution < -0.4 is 4.90 Å². The second kappa shape index (κ2) is 6.46. The number of anilines is 1. The van der Waals surface area contributed by atoms with E-state index in [2.05, 4.69) is 19.9 Å². The molecule has 1 fully saturated rings. The first-order chi connectivity index (χ1) is 12.2. The molecule has 3 N–H and O–H groups in total. The maximum Gasteiger partial charge on any atom is 0.142 e. The quantitative estimate of drug-likeness (QED) is 0.675. The lowest BCUT2D eigenvalue weighted by Gasteiger charge is -2.46. The monoisotopic (exact) mass is 338 g/mol. The Morgan fingerprint density at radius 2 is 2.04 bits per heavy atom. The fraction of sp³-hybridized carbons (Fsp3) is 0.368. The average molecular weight is 338 g/mol. The number of nitrogens with one attached hydrogen (secondary N) is 1. The summed E-state index contributed by atoms with van der Waals surface area (Å²) in [7, 11) is 0. The lowest BCUT2D eigenvalue weighted by Crippen LogP contribution is -2.55. The van der Waals surface area contributed by atoms with E-state index in [4.69, 9.17) is 0 Å². The third-order valence-electron chi connectivity index (χ3n) is 5.23. The number of nitrogens with zero attached hydrogens (tertiary/aromatic N) is 3. The predicted molar refractivity (Wildman–Crippen MR) is 96.4 cm³/mol. The zero-order valence-electron chi connectivity index (χ0n) is 14.0. The van der Waals surface area contributed by atoms with Gasteiger partial charge in [-0.05, 0) is 24.5 Å². The number of aromatic amines is 1. The van der Waals surface area contributed by atoms with Crippen molar-refractivity contribution in [2.75, 3.05) is 24.6 Å². The van der Waals surface area contributed by atoms with Crippen molar-refractivity contribution in [2.24, 2.45) is 5.41 Å². The van der Waals surface area contributed by atoms with E-state index in [1.165, 1.54) is 0 Å². The first-order valence-corrected chi connectivity index (χ1v) is 8.58. The summed E-state index contributed by atoms with van der Waals surface area (Å²) in [6, 6.07) is 12.0. The van der Waals surface area contributed by atoms with Gasteiger partial charge in [0.05, 0.1) is 18.1 Å². The van der Waals surface area contributed by atoms with Crippen molar-refractivity contribution in [3.05, 3.63) is 54.5 Å². The topological polar surface area (TPSA) is 85.3 Å². The minimum atomic E-state index is -0.604. The van der Waals surface area contributed by atoms with E-state index in [1.54, 1.807) is 6.33 Å². The third kappa shape index (κ3) is 2.88. The van der Waals surface area contributed by atoms with Crippen molar-refractivity contribution in [3.8, 4) is 0 Å². The number of fused-ring (bicyclic) bond motifs is 1. The summed E-state index contributed by atoms with van der Waals surface area (Å²) in [5.74, 6) is 0.851. The van der Waals surface area contributed by atoms with Crippen molar-refractivity contribution in [2.45, 2.75) is 18.9 Å². The van der Waals surface area contributed by atoms with E-state index in [-0.39, 0.29) is 6.61 Å². The number of aliphatic hydroxyl groups is 2. The highest BCUT2D eigenvalue weighted by Gasteiger charge is 2.43. The maximum atomic E-state index is 10.7. The number of aromatic nitrogens is 3. The molecule has 0 saturated carbocycles. The van der Waals surface area contributed by atoms with Crippen molar-refractivity contribution in [3.63, 3.8) is 0 Å². The van der Waals surface area contributed by atoms with E-state index in [9.17, 15) is 10.2 Å². The van der Waals surface area contributed by atoms with E-state index < -0.39 is 11.5 Å². The molecule has 6 heteroatoms. The van der Waals surface area contributed by atoms with Gasteiger partial charge in [-0.3, -0.25) is 0 Å². The Hall–Kier alpha value is -2.44. The van der Waals surface area contributed by atoms with Gasteiger partial charge in [0.25, 0.3) is 0 Å². The SMILES string of the molecule is OC[C@]1(Cc2ccccc2)CN(c2ncnc3[nH]ccc23)CC[C@H]1O. The number of rotatable bonds is 4. The van der Waals surface area contributed by atoms with Crippen molar-refractivity contribution >= 4 is 16.9 Å². The van der Waals surface area contributed by atoms with Crippen LogP contribution in [-0.2, 0) is 6.42 Å². The van der Waals surface area contributed by atoms with Crippen LogP contribution in [-0.4, -0.2) is 51.0 Å². The normalized spacial score (nSPS) is 23.9. The fourth-order valence-electron chi connectivity index (χ4n) is 3.83. The molecule has 0 radical (unpaired) electrons. The van der Waals surface area contributed by atoms with Gasteiger partial charge in [-0.15, -0.1) is 0 Å². The van der Waals surface area contributed by atoms with E-state index in [0.29, 0.717) is 25.9 Å². The Morgan fingerprint density at radius 1 is 1.20 bits per heavy atom. The molecule has 3 heterocycles. The van der Waals surface area contributed by atoms with Gasteiger partial charge in [-0.2, -0.15) is 0 Å². The molecule has 1 aliphatic rings. The summed E-state index contributed by atoms with van der Waals surface area (Å²) in [5, 5.41) is 21.8. The van der Waals surface area contributed by atoms with E-state index in [1.807, 2.05) is 42.6 Å². The number of hydrogen-bond donors (Lipinski definition) is 3. The lowest BCUT2D eigenvalue weighted by atomic mass is 9.73. The highest BCUT2D eigenvalue weighted by molar-refractivity contribution is 5.87. The molecule has 4 rings (SSSR count). The highest BCUT2D eigenvalue weighted by atomic mass is 16.3. The number of hydrogen-bond acceptors (Lipinski definition) is 5. The molecule has 0 bridgehead atoms. The molecule has 0 spiro atoms. The molecule has 0 aliphatic carbocycles. The van der Waals surface area contributed by atoms with Crippen LogP contribution in [0.2, 0.25) is 0 Å². The van der Waals surface area contributed by atoms with Crippen LogP contribution in [0.15, 0.2) is 48.9 Å². The molecule has 1 aliphatic heterocycles. The molecule has 25 heavy (non-hydrogen) atoms. The second-order valence-electron chi connectivity index (χ2n) is 6.85. The molecule has 0 unspecified atom stereocenters. The zero-order chi connectivity index (χ0) is 17.3. The molecule has 1 saturated heterocycles. The summed E-state index contributed by atoms with van der Waals surface area (Å²) in [6.07, 6.45) is 4.09. The predicted octanol–water partition coefficient (Wildman–Crippen LogP) is 1.75. The molecule has 2 atom stereocenters. The lowest BCUT2D eigenvalue weighted by molar-refractivity contribution is -0.0292. The Morgan fingerprint density at radius 3 is 2.84 bits per heavy atom. The summed E-state index contributed by atoms with van der Waals surface area (Å²) < 4.78 is 0. The van der Waals surface area contributed by atoms with Gasteiger partial charge < -0.3 is 20.1 Å². The number of piperidine rings is 1. The Bertz CT molecular complexity index is 851. The van der Waals surface area contributed by atoms with Crippen LogP contribution in [0.4, 0.5) is 5.82 Å². The van der Waals surface area contributed by atoms with Gasteiger partial charge in [0.2, 0.25) is 0 Å². The van der Waals surface area contributed by atoms with Gasteiger partial charge in [-0.25, -0.2) is 9.97 Å². The summed E-state index contributed by atoms with van der Waals surface area (Å²) in [4.78, 5) is 14.0. The first kappa shape index (κ1) is 16.1. The minimum absolute atomic E-state index is 0.0685. The molecular weight excluding hydrogens is 316 g/mol. The number of benzene rings is 1. The standard InChI is InChI=1S/C19H22N4O2/c24-12-19(10-14-4-2-1-3-5-14)11-23(9-7-16(19)25)18-15-6-8-20-17(15)21-13-22-18/h1-6,8,13,16,24-25H,7,9-12H2,(H,20,21,22)/t16-,19+/m1/s1. The molecule has 3 aromatic rings. The highest BCUT2D eigenvalue weighted by Crippen LogP contribution is 2.36. The number of aliphatic hydroxyl groups excluding tert-OH is 2. The summed E-state index contributed by atoms with van der Waals surface area (Å²) in [6.45, 7) is 1.19. The van der Waals surface area contributed by atoms with Crippen molar-refractivity contribution in [1.82, 2.24) is 15.0 Å². The summed E-state index contributed by atoms with van der Waals surface area (Å²) >= 11 is 0. The Kier molecular flexibility index (Phi) is 4.15. The van der Waals surface area contributed by atoms with Gasteiger partial charge in [0.1, 0.15) is 17.8 Å². The molecular formula is C19H22N4O2. The molecule has 130 valence electrons. The molecule has 0 amide bonds. The fourth-order valence-corrected chi connectivity index (χ4v) is 3.83. The van der Waals surface area contributed by atoms with Crippen LogP contribution in [0.5, 0.6) is 0 Å². The van der Waals surface area contributed by atoms with E-state index in [0.717, 1.165) is 22.4 Å². The van der Waals surface area contributed by atoms with Gasteiger partial charge in [-0.1, -0.05) is 30.3 Å². The Labute approximate surface area is 146 Å². The largest absolute Gasteiger partial charge is 0.396 e. The molecule has 1 aromatic carbocycles. The second-order valence-corrected chi connectivity index (χ2v) is 6.85. The molecule has 6 nitrogen and oxygen atoms in total. The van der Waals surface area contributed by atoms with Crippen LogP contribution in [0.3, 0.4) is 0 Å². The van der Waals surface area contributed by atoms with Gasteiger partial charge in [0, 0.05) is 24.7 Å². The van der Waals surface area contributed by atoms with Crippen LogP contribution >= 0.6 is 0 Å². The summed E-state index contributed by atoms with van der Waals surface area (Å²) in [5.41, 5.74) is 1.31.